The minimum Gasteiger partial charge on any atom is -0.389 e. The lowest BCUT2D eigenvalue weighted by Gasteiger charge is -2.12. The fraction of sp³-hybridized carbons (Fsp3) is 0.500. The molecule has 0 bridgehead atoms. The number of anilines is 1. The third kappa shape index (κ3) is 4.58. The molecule has 1 aromatic rings. The molecule has 1 rings (SSSR count). The number of rotatable bonds is 5. The van der Waals surface area contributed by atoms with Crippen LogP contribution in [-0.4, -0.2) is 36.5 Å². The highest BCUT2D eigenvalue weighted by Gasteiger charge is 2.30. The van der Waals surface area contributed by atoms with Crippen molar-refractivity contribution in [2.45, 2.75) is 12.3 Å². The Hall–Kier alpha value is -1.34. The number of hydrogen-bond donors (Lipinski definition) is 2. The lowest BCUT2D eigenvalue weighted by atomic mass is 10.2. The van der Waals surface area contributed by atoms with E-state index in [1.807, 2.05) is 0 Å². The summed E-state index contributed by atoms with van der Waals surface area (Å²) in [5.41, 5.74) is -0.781. The summed E-state index contributed by atoms with van der Waals surface area (Å²) in [7, 11) is 1.42. The van der Waals surface area contributed by atoms with E-state index in [0.29, 0.717) is 0 Å². The van der Waals surface area contributed by atoms with Crippen LogP contribution in [0.4, 0.5) is 19.0 Å². The van der Waals surface area contributed by atoms with Gasteiger partial charge in [0.25, 0.3) is 0 Å². The van der Waals surface area contributed by atoms with Gasteiger partial charge in [0, 0.05) is 19.9 Å². The van der Waals surface area contributed by atoms with Crippen LogP contribution >= 0.6 is 0 Å². The van der Waals surface area contributed by atoms with Crippen LogP contribution < -0.4 is 5.32 Å². The molecule has 0 aliphatic rings. The summed E-state index contributed by atoms with van der Waals surface area (Å²) in [6, 6.07) is 1.77. The summed E-state index contributed by atoms with van der Waals surface area (Å²) >= 11 is 0. The number of ether oxygens (including phenoxy) is 1. The van der Waals surface area contributed by atoms with Crippen molar-refractivity contribution in [3.63, 3.8) is 0 Å². The minimum atomic E-state index is -4.40. The van der Waals surface area contributed by atoms with E-state index in [1.165, 1.54) is 7.11 Å². The van der Waals surface area contributed by atoms with E-state index in [9.17, 15) is 18.3 Å². The molecule has 0 saturated heterocycles. The van der Waals surface area contributed by atoms with Gasteiger partial charge in [-0.3, -0.25) is 0 Å². The molecule has 0 spiro atoms. The van der Waals surface area contributed by atoms with E-state index < -0.39 is 17.8 Å². The van der Waals surface area contributed by atoms with Crippen LogP contribution in [0.25, 0.3) is 0 Å². The first-order valence-electron chi connectivity index (χ1n) is 4.87. The summed E-state index contributed by atoms with van der Waals surface area (Å²) in [4.78, 5) is 3.72. The quantitative estimate of drug-likeness (QED) is 0.832. The lowest BCUT2D eigenvalue weighted by molar-refractivity contribution is -0.137. The number of nitrogens with zero attached hydrogens (tertiary/aromatic N) is 1. The van der Waals surface area contributed by atoms with Crippen LogP contribution in [0.15, 0.2) is 18.3 Å². The molecule has 0 fully saturated rings. The van der Waals surface area contributed by atoms with Gasteiger partial charge in [0.05, 0.1) is 18.3 Å². The molecule has 2 N–H and O–H groups in total. The van der Waals surface area contributed by atoms with E-state index in [1.54, 1.807) is 0 Å². The van der Waals surface area contributed by atoms with Gasteiger partial charge in [0.1, 0.15) is 5.82 Å². The van der Waals surface area contributed by atoms with E-state index in [4.69, 9.17) is 0 Å². The molecule has 7 heteroatoms. The molecule has 1 aromatic heterocycles. The van der Waals surface area contributed by atoms with Crippen molar-refractivity contribution < 1.29 is 23.0 Å². The van der Waals surface area contributed by atoms with Crippen molar-refractivity contribution in [1.82, 2.24) is 4.98 Å². The minimum absolute atomic E-state index is 0.0648. The fourth-order valence-corrected chi connectivity index (χ4v) is 1.18. The second-order valence-electron chi connectivity index (χ2n) is 3.42. The Balaban J connectivity index is 2.60. The molecule has 1 atom stereocenters. The number of methoxy groups -OCH3 is 1. The molecular formula is C10H13F3N2O2. The van der Waals surface area contributed by atoms with Crippen molar-refractivity contribution in [2.75, 3.05) is 25.6 Å². The number of halogens is 3. The maximum Gasteiger partial charge on any atom is 0.416 e. The Morgan fingerprint density at radius 1 is 1.53 bits per heavy atom. The summed E-state index contributed by atoms with van der Waals surface area (Å²) in [6.07, 6.45) is -4.13. The highest BCUT2D eigenvalue weighted by molar-refractivity contribution is 5.38. The number of hydrogen-bond acceptors (Lipinski definition) is 4. The summed E-state index contributed by atoms with van der Waals surface area (Å²) < 4.78 is 41.8. The monoisotopic (exact) mass is 250 g/mol. The van der Waals surface area contributed by atoms with Crippen LogP contribution in [0, 0.1) is 0 Å². The molecule has 0 aromatic carbocycles. The maximum atomic E-state index is 12.4. The van der Waals surface area contributed by atoms with E-state index in [0.717, 1.165) is 18.3 Å². The van der Waals surface area contributed by atoms with Gasteiger partial charge in [-0.15, -0.1) is 0 Å². The third-order valence-electron chi connectivity index (χ3n) is 1.97. The Morgan fingerprint density at radius 3 is 2.82 bits per heavy atom. The normalized spacial score (nSPS) is 13.5. The van der Waals surface area contributed by atoms with Gasteiger partial charge in [-0.1, -0.05) is 0 Å². The van der Waals surface area contributed by atoms with Crippen molar-refractivity contribution in [2.24, 2.45) is 0 Å². The highest BCUT2D eigenvalue weighted by Crippen LogP contribution is 2.29. The van der Waals surface area contributed by atoms with Crippen LogP contribution in [0.3, 0.4) is 0 Å². The van der Waals surface area contributed by atoms with Gasteiger partial charge in [-0.2, -0.15) is 13.2 Å². The first kappa shape index (κ1) is 13.7. The van der Waals surface area contributed by atoms with Crippen LogP contribution in [-0.2, 0) is 10.9 Å². The number of pyridine rings is 1. The van der Waals surface area contributed by atoms with Crippen LogP contribution in [0.1, 0.15) is 5.56 Å². The van der Waals surface area contributed by atoms with Crippen molar-refractivity contribution in [3.8, 4) is 0 Å². The lowest BCUT2D eigenvalue weighted by Crippen LogP contribution is -2.24. The zero-order valence-corrected chi connectivity index (χ0v) is 9.16. The van der Waals surface area contributed by atoms with E-state index >= 15 is 0 Å². The second kappa shape index (κ2) is 5.83. The third-order valence-corrected chi connectivity index (χ3v) is 1.97. The van der Waals surface area contributed by atoms with Crippen molar-refractivity contribution in [1.29, 1.82) is 0 Å². The SMILES string of the molecule is COCC(O)CNc1cc(C(F)(F)F)ccn1. The molecule has 0 aliphatic heterocycles. The highest BCUT2D eigenvalue weighted by atomic mass is 19.4. The molecule has 0 saturated carbocycles. The maximum absolute atomic E-state index is 12.4. The summed E-state index contributed by atoms with van der Waals surface area (Å²) in [6.45, 7) is 0.175. The average molecular weight is 250 g/mol. The number of alkyl halides is 3. The Kier molecular flexibility index (Phi) is 4.71. The topological polar surface area (TPSA) is 54.4 Å². The van der Waals surface area contributed by atoms with Crippen LogP contribution in [0.2, 0.25) is 0 Å². The Bertz CT molecular complexity index is 358. The molecule has 17 heavy (non-hydrogen) atoms. The molecule has 0 amide bonds. The molecule has 1 unspecified atom stereocenters. The predicted octanol–water partition coefficient (Wildman–Crippen LogP) is 1.52. The van der Waals surface area contributed by atoms with Crippen molar-refractivity contribution in [3.05, 3.63) is 23.9 Å². The van der Waals surface area contributed by atoms with Crippen LogP contribution in [0.5, 0.6) is 0 Å². The molecule has 0 aliphatic carbocycles. The zero-order valence-electron chi connectivity index (χ0n) is 9.16. The van der Waals surface area contributed by atoms with Gasteiger partial charge in [-0.25, -0.2) is 4.98 Å². The standard InChI is InChI=1S/C10H13F3N2O2/c1-17-6-8(16)5-15-9-4-7(2-3-14-9)10(11,12)13/h2-4,8,16H,5-6H2,1H3,(H,14,15). The first-order valence-corrected chi connectivity index (χ1v) is 4.87. The van der Waals surface area contributed by atoms with Gasteiger partial charge in [0.2, 0.25) is 0 Å². The number of nitrogens with one attached hydrogen (secondary N) is 1. The molecule has 96 valence electrons. The first-order chi connectivity index (χ1) is 7.93. The molecule has 4 nitrogen and oxygen atoms in total. The largest absolute Gasteiger partial charge is 0.416 e. The number of aliphatic hydroxyl groups excluding tert-OH is 1. The van der Waals surface area contributed by atoms with E-state index in [-0.39, 0.29) is 19.0 Å². The second-order valence-corrected chi connectivity index (χ2v) is 3.42. The number of aliphatic hydroxyl groups is 1. The van der Waals surface area contributed by atoms with E-state index in [2.05, 4.69) is 15.0 Å². The fourth-order valence-electron chi connectivity index (χ4n) is 1.18. The Labute approximate surface area is 96.4 Å². The average Bonchev–Trinajstić information content (AvgIpc) is 2.26. The predicted molar refractivity (Wildman–Crippen MR) is 55.6 cm³/mol. The smallest absolute Gasteiger partial charge is 0.389 e. The van der Waals surface area contributed by atoms with Gasteiger partial charge >= 0.3 is 6.18 Å². The number of aromatic nitrogens is 1. The van der Waals surface area contributed by atoms with Gasteiger partial charge in [-0.05, 0) is 12.1 Å². The summed E-state index contributed by atoms with van der Waals surface area (Å²) in [5.74, 6) is 0.0648. The Morgan fingerprint density at radius 2 is 2.24 bits per heavy atom. The van der Waals surface area contributed by atoms with Gasteiger partial charge < -0.3 is 15.2 Å². The zero-order chi connectivity index (χ0) is 12.9. The molecule has 0 radical (unpaired) electrons. The van der Waals surface area contributed by atoms with Crippen molar-refractivity contribution >= 4 is 5.82 Å². The molecule has 1 heterocycles. The molecular weight excluding hydrogens is 237 g/mol. The van der Waals surface area contributed by atoms with Gasteiger partial charge in [0.15, 0.2) is 0 Å². The summed E-state index contributed by atoms with van der Waals surface area (Å²) in [5, 5.41) is 11.9.